The van der Waals surface area contributed by atoms with Crippen molar-refractivity contribution < 1.29 is 23.5 Å². The van der Waals surface area contributed by atoms with E-state index in [-0.39, 0.29) is 5.76 Å². The van der Waals surface area contributed by atoms with Crippen LogP contribution in [0.25, 0.3) is 0 Å². The van der Waals surface area contributed by atoms with Gasteiger partial charge in [-0.1, -0.05) is 23.8 Å². The number of ether oxygens (including phenoxy) is 1. The fourth-order valence-electron chi connectivity index (χ4n) is 3.15. The summed E-state index contributed by atoms with van der Waals surface area (Å²) in [7, 11) is 0. The standard InChI is InChI=1S/C22H24N2O5/c25-20(24-21(26)19-11-6-14-28-19)15-29-22(27)17-9-4-5-10-18(17)23-13-12-16-7-2-1-3-8-16/h4-7,9-11,14,23H,1-3,8,12-13,15H2,(H,24,25,26). The van der Waals surface area contributed by atoms with E-state index in [2.05, 4.69) is 16.7 Å². The Kier molecular flexibility index (Phi) is 7.22. The molecular weight excluding hydrogens is 372 g/mol. The van der Waals surface area contributed by atoms with E-state index in [1.807, 2.05) is 6.07 Å². The zero-order valence-corrected chi connectivity index (χ0v) is 16.1. The van der Waals surface area contributed by atoms with Crippen molar-refractivity contribution in [1.29, 1.82) is 0 Å². The molecule has 0 atom stereocenters. The third-order valence-electron chi connectivity index (χ3n) is 4.63. The average Bonchev–Trinajstić information content (AvgIpc) is 3.28. The number of carbonyl (C=O) groups is 3. The molecule has 7 nitrogen and oxygen atoms in total. The quantitative estimate of drug-likeness (QED) is 0.522. The number of hydrogen-bond donors (Lipinski definition) is 2. The zero-order chi connectivity index (χ0) is 20.5. The molecule has 7 heteroatoms. The first-order chi connectivity index (χ1) is 14.1. The molecule has 0 saturated carbocycles. The lowest BCUT2D eigenvalue weighted by Gasteiger charge is -2.15. The molecule has 1 heterocycles. The van der Waals surface area contributed by atoms with Crippen LogP contribution in [0.5, 0.6) is 0 Å². The smallest absolute Gasteiger partial charge is 0.340 e. The molecular formula is C22H24N2O5. The summed E-state index contributed by atoms with van der Waals surface area (Å²) in [4.78, 5) is 36.0. The molecule has 2 aromatic rings. The third kappa shape index (κ3) is 6.07. The first-order valence-corrected chi connectivity index (χ1v) is 9.69. The van der Waals surface area contributed by atoms with E-state index >= 15 is 0 Å². The molecule has 0 spiro atoms. The maximum Gasteiger partial charge on any atom is 0.340 e. The first kappa shape index (κ1) is 20.4. The van der Waals surface area contributed by atoms with Gasteiger partial charge in [-0.05, 0) is 56.4 Å². The largest absolute Gasteiger partial charge is 0.459 e. The number of hydrogen-bond acceptors (Lipinski definition) is 6. The molecule has 0 bridgehead atoms. The number of imide groups is 1. The molecule has 0 unspecified atom stereocenters. The monoisotopic (exact) mass is 396 g/mol. The molecule has 1 aliphatic carbocycles. The van der Waals surface area contributed by atoms with Crippen LogP contribution in [-0.4, -0.2) is 30.9 Å². The van der Waals surface area contributed by atoms with Gasteiger partial charge in [-0.2, -0.15) is 0 Å². The predicted molar refractivity (Wildman–Crippen MR) is 108 cm³/mol. The van der Waals surface area contributed by atoms with Crippen molar-refractivity contribution in [2.24, 2.45) is 0 Å². The molecule has 0 aliphatic heterocycles. The highest BCUT2D eigenvalue weighted by Gasteiger charge is 2.17. The van der Waals surface area contributed by atoms with Crippen LogP contribution in [0.2, 0.25) is 0 Å². The van der Waals surface area contributed by atoms with Crippen LogP contribution in [0.3, 0.4) is 0 Å². The second-order valence-corrected chi connectivity index (χ2v) is 6.76. The summed E-state index contributed by atoms with van der Waals surface area (Å²) in [5.41, 5.74) is 2.44. The molecule has 1 aliphatic rings. The van der Waals surface area contributed by atoms with E-state index in [1.54, 1.807) is 18.2 Å². The van der Waals surface area contributed by atoms with Gasteiger partial charge >= 0.3 is 5.97 Å². The lowest BCUT2D eigenvalue weighted by Crippen LogP contribution is -2.34. The van der Waals surface area contributed by atoms with Gasteiger partial charge in [0.15, 0.2) is 12.4 Å². The number of esters is 1. The zero-order valence-electron chi connectivity index (χ0n) is 16.1. The van der Waals surface area contributed by atoms with E-state index in [1.165, 1.54) is 36.8 Å². The molecule has 2 amide bonds. The van der Waals surface area contributed by atoms with Crippen LogP contribution in [0.4, 0.5) is 5.69 Å². The van der Waals surface area contributed by atoms with Crippen LogP contribution in [0, 0.1) is 0 Å². The number of para-hydroxylation sites is 1. The van der Waals surface area contributed by atoms with Crippen LogP contribution in [0.1, 0.15) is 53.0 Å². The number of amides is 2. The third-order valence-corrected chi connectivity index (χ3v) is 4.63. The van der Waals surface area contributed by atoms with Gasteiger partial charge in [0.1, 0.15) is 0 Å². The Morgan fingerprint density at radius 2 is 1.93 bits per heavy atom. The molecule has 2 N–H and O–H groups in total. The van der Waals surface area contributed by atoms with Crippen molar-refractivity contribution in [2.75, 3.05) is 18.5 Å². The van der Waals surface area contributed by atoms with Gasteiger partial charge in [0, 0.05) is 12.2 Å². The highest BCUT2D eigenvalue weighted by Crippen LogP contribution is 2.21. The van der Waals surface area contributed by atoms with Crippen molar-refractivity contribution in [2.45, 2.75) is 32.1 Å². The van der Waals surface area contributed by atoms with E-state index in [9.17, 15) is 14.4 Å². The van der Waals surface area contributed by atoms with E-state index < -0.39 is 24.4 Å². The van der Waals surface area contributed by atoms with Crippen molar-refractivity contribution >= 4 is 23.5 Å². The number of rotatable bonds is 8. The summed E-state index contributed by atoms with van der Waals surface area (Å²) in [5, 5.41) is 5.37. The fraction of sp³-hybridized carbons (Fsp3) is 0.318. The summed E-state index contributed by atoms with van der Waals surface area (Å²) in [6.45, 7) is 0.154. The lowest BCUT2D eigenvalue weighted by molar-refractivity contribution is -0.123. The summed E-state index contributed by atoms with van der Waals surface area (Å²) in [6, 6.07) is 9.95. The van der Waals surface area contributed by atoms with Crippen molar-refractivity contribution in [1.82, 2.24) is 5.32 Å². The minimum atomic E-state index is -0.727. The highest BCUT2D eigenvalue weighted by molar-refractivity contribution is 6.04. The van der Waals surface area contributed by atoms with Crippen molar-refractivity contribution in [3.05, 3.63) is 65.6 Å². The van der Waals surface area contributed by atoms with Gasteiger partial charge in [0.2, 0.25) is 0 Å². The summed E-state index contributed by atoms with van der Waals surface area (Å²) in [6.07, 6.45) is 9.33. The van der Waals surface area contributed by atoms with Gasteiger partial charge < -0.3 is 14.5 Å². The number of nitrogens with one attached hydrogen (secondary N) is 2. The minimum Gasteiger partial charge on any atom is -0.459 e. The molecule has 1 aromatic carbocycles. The maximum atomic E-state index is 12.4. The molecule has 29 heavy (non-hydrogen) atoms. The summed E-state index contributed by atoms with van der Waals surface area (Å²) < 4.78 is 9.96. The minimum absolute atomic E-state index is 0.00676. The Morgan fingerprint density at radius 1 is 1.07 bits per heavy atom. The Hall–Kier alpha value is -3.35. The number of benzene rings is 1. The second kappa shape index (κ2) is 10.3. The van der Waals surface area contributed by atoms with Crippen LogP contribution in [-0.2, 0) is 9.53 Å². The molecule has 152 valence electrons. The van der Waals surface area contributed by atoms with E-state index in [4.69, 9.17) is 9.15 Å². The number of carbonyl (C=O) groups excluding carboxylic acids is 3. The number of anilines is 1. The highest BCUT2D eigenvalue weighted by atomic mass is 16.5. The topological polar surface area (TPSA) is 97.6 Å². The molecule has 0 radical (unpaired) electrons. The van der Waals surface area contributed by atoms with Gasteiger partial charge in [0.25, 0.3) is 11.8 Å². The normalized spacial score (nSPS) is 13.3. The van der Waals surface area contributed by atoms with Crippen LogP contribution < -0.4 is 10.6 Å². The average molecular weight is 396 g/mol. The predicted octanol–water partition coefficient (Wildman–Crippen LogP) is 3.70. The van der Waals surface area contributed by atoms with Gasteiger partial charge in [-0.15, -0.1) is 0 Å². The maximum absolute atomic E-state index is 12.4. The van der Waals surface area contributed by atoms with Crippen molar-refractivity contribution in [3.8, 4) is 0 Å². The number of furan rings is 1. The summed E-state index contributed by atoms with van der Waals surface area (Å²) >= 11 is 0. The number of allylic oxidation sites excluding steroid dienone is 1. The first-order valence-electron chi connectivity index (χ1n) is 9.69. The molecule has 3 rings (SSSR count). The molecule has 0 fully saturated rings. The SMILES string of the molecule is O=C(COC(=O)c1ccccc1NCCC1=CCCCC1)NC(=O)c1ccco1. The van der Waals surface area contributed by atoms with Gasteiger partial charge in [-0.25, -0.2) is 4.79 Å². The Morgan fingerprint density at radius 3 is 2.69 bits per heavy atom. The Bertz CT molecular complexity index is 886. The summed E-state index contributed by atoms with van der Waals surface area (Å²) in [5.74, 6) is -2.04. The molecule has 0 saturated heterocycles. The van der Waals surface area contributed by atoms with E-state index in [0.717, 1.165) is 19.3 Å². The fourth-order valence-corrected chi connectivity index (χ4v) is 3.15. The van der Waals surface area contributed by atoms with Gasteiger partial charge in [-0.3, -0.25) is 14.9 Å². The van der Waals surface area contributed by atoms with Crippen LogP contribution in [0.15, 0.2) is 58.7 Å². The van der Waals surface area contributed by atoms with Crippen LogP contribution >= 0.6 is 0 Å². The second-order valence-electron chi connectivity index (χ2n) is 6.76. The lowest BCUT2D eigenvalue weighted by atomic mass is 9.97. The van der Waals surface area contributed by atoms with Crippen molar-refractivity contribution in [3.63, 3.8) is 0 Å². The molecule has 1 aromatic heterocycles. The Balaban J connectivity index is 1.49. The Labute approximate surface area is 169 Å². The van der Waals surface area contributed by atoms with Gasteiger partial charge in [0.05, 0.1) is 11.8 Å². The van der Waals surface area contributed by atoms with E-state index in [0.29, 0.717) is 17.8 Å².